The Labute approximate surface area is 111 Å². The molecule has 19 heavy (non-hydrogen) atoms. The van der Waals surface area contributed by atoms with Crippen molar-refractivity contribution in [1.82, 2.24) is 4.90 Å². The van der Waals surface area contributed by atoms with Gasteiger partial charge in [0, 0.05) is 17.9 Å². The van der Waals surface area contributed by atoms with Crippen LogP contribution in [0.1, 0.15) is 30.0 Å². The predicted molar refractivity (Wildman–Crippen MR) is 66.9 cm³/mol. The largest absolute Gasteiger partial charge is 0.349 e. The van der Waals surface area contributed by atoms with Crippen LogP contribution < -0.4 is 0 Å². The zero-order chi connectivity index (χ0) is 13.2. The third-order valence-electron chi connectivity index (χ3n) is 4.72. The predicted octanol–water partition coefficient (Wildman–Crippen LogP) is 1.53. The lowest BCUT2D eigenvalue weighted by Gasteiger charge is -2.33. The minimum absolute atomic E-state index is 0.120. The van der Waals surface area contributed by atoms with Gasteiger partial charge in [0.1, 0.15) is 0 Å². The number of benzene rings is 1. The van der Waals surface area contributed by atoms with E-state index < -0.39 is 5.72 Å². The lowest BCUT2D eigenvalue weighted by molar-refractivity contribution is -0.141. The SMILES string of the molecule is C[C@@H]1CO[C@@]23c4cccc(C#N)c4CC2CC(=O)N13. The number of fused-ring (bicyclic) bond motifs is 1. The second kappa shape index (κ2) is 3.37. The van der Waals surface area contributed by atoms with E-state index in [0.717, 1.165) is 23.1 Å². The molecule has 1 aliphatic carbocycles. The van der Waals surface area contributed by atoms with Crippen molar-refractivity contribution in [2.24, 2.45) is 5.92 Å². The Hall–Kier alpha value is -1.86. The maximum atomic E-state index is 12.2. The summed E-state index contributed by atoms with van der Waals surface area (Å²) in [6, 6.07) is 8.13. The first kappa shape index (κ1) is 11.0. The Morgan fingerprint density at radius 3 is 3.11 bits per heavy atom. The van der Waals surface area contributed by atoms with Crippen molar-refractivity contribution < 1.29 is 9.53 Å². The standard InChI is InChI=1S/C15H14N2O2/c1-9-8-19-15-11(6-14(18)17(9)15)5-12-10(7-16)3-2-4-13(12)15/h2-4,9,11H,5-6,8H2,1H3/t9-,11?,15-/m1/s1. The van der Waals surface area contributed by atoms with Gasteiger partial charge in [-0.05, 0) is 25.0 Å². The number of carbonyl (C=O) groups excluding carboxylic acids is 1. The minimum Gasteiger partial charge on any atom is -0.349 e. The van der Waals surface area contributed by atoms with Crippen LogP contribution in [0.2, 0.25) is 0 Å². The molecule has 4 rings (SSSR count). The Morgan fingerprint density at radius 2 is 2.32 bits per heavy atom. The summed E-state index contributed by atoms with van der Waals surface area (Å²) in [6.45, 7) is 2.61. The van der Waals surface area contributed by atoms with E-state index in [2.05, 4.69) is 6.07 Å². The first-order valence-corrected chi connectivity index (χ1v) is 6.67. The molecule has 0 bridgehead atoms. The van der Waals surface area contributed by atoms with Gasteiger partial charge in [0.2, 0.25) is 5.91 Å². The van der Waals surface area contributed by atoms with Crippen LogP contribution >= 0.6 is 0 Å². The quantitative estimate of drug-likeness (QED) is 0.705. The molecular formula is C15H14N2O2. The lowest BCUT2D eigenvalue weighted by atomic mass is 9.97. The van der Waals surface area contributed by atoms with Gasteiger partial charge < -0.3 is 9.64 Å². The molecule has 1 aromatic carbocycles. The Kier molecular flexibility index (Phi) is 1.95. The van der Waals surface area contributed by atoms with Gasteiger partial charge in [0.25, 0.3) is 0 Å². The molecule has 4 nitrogen and oxygen atoms in total. The van der Waals surface area contributed by atoms with Gasteiger partial charge >= 0.3 is 0 Å². The summed E-state index contributed by atoms with van der Waals surface area (Å²) in [5.74, 6) is 0.345. The van der Waals surface area contributed by atoms with Crippen molar-refractivity contribution in [3.8, 4) is 6.07 Å². The summed E-state index contributed by atoms with van der Waals surface area (Å²) in [5, 5.41) is 9.24. The Morgan fingerprint density at radius 1 is 1.47 bits per heavy atom. The number of hydrogen-bond donors (Lipinski definition) is 0. The molecule has 3 aliphatic rings. The van der Waals surface area contributed by atoms with Crippen LogP contribution in [0.3, 0.4) is 0 Å². The van der Waals surface area contributed by atoms with Gasteiger partial charge in [-0.2, -0.15) is 5.26 Å². The van der Waals surface area contributed by atoms with Crippen LogP contribution in [0.15, 0.2) is 18.2 Å². The number of hydrogen-bond acceptors (Lipinski definition) is 3. The highest BCUT2D eigenvalue weighted by Crippen LogP contribution is 2.56. The summed E-state index contributed by atoms with van der Waals surface area (Å²) in [4.78, 5) is 14.1. The van der Waals surface area contributed by atoms with Crippen LogP contribution in [0.4, 0.5) is 0 Å². The molecule has 3 atom stereocenters. The van der Waals surface area contributed by atoms with Crippen molar-refractivity contribution in [2.75, 3.05) is 6.61 Å². The van der Waals surface area contributed by atoms with E-state index in [9.17, 15) is 10.1 Å². The van der Waals surface area contributed by atoms with E-state index in [1.165, 1.54) is 0 Å². The fourth-order valence-corrected chi connectivity index (χ4v) is 4.04. The fourth-order valence-electron chi connectivity index (χ4n) is 4.04. The average Bonchev–Trinajstić information content (AvgIpc) is 2.98. The molecule has 2 saturated heterocycles. The molecule has 0 radical (unpaired) electrons. The summed E-state index contributed by atoms with van der Waals surface area (Å²) in [7, 11) is 0. The molecular weight excluding hydrogens is 240 g/mol. The lowest BCUT2D eigenvalue weighted by Crippen LogP contribution is -2.43. The van der Waals surface area contributed by atoms with Crippen LogP contribution in [-0.2, 0) is 21.7 Å². The molecule has 1 aromatic rings. The van der Waals surface area contributed by atoms with Crippen molar-refractivity contribution in [3.05, 3.63) is 34.9 Å². The van der Waals surface area contributed by atoms with Gasteiger partial charge in [-0.1, -0.05) is 12.1 Å². The van der Waals surface area contributed by atoms with Crippen molar-refractivity contribution in [2.45, 2.75) is 31.5 Å². The molecule has 0 aromatic heterocycles. The molecule has 1 unspecified atom stereocenters. The molecule has 2 heterocycles. The maximum Gasteiger partial charge on any atom is 0.225 e. The fraction of sp³-hybridized carbons (Fsp3) is 0.467. The van der Waals surface area contributed by atoms with E-state index in [1.54, 1.807) is 0 Å². The number of nitrogens with zero attached hydrogens (tertiary/aromatic N) is 2. The highest BCUT2D eigenvalue weighted by atomic mass is 16.5. The highest BCUT2D eigenvalue weighted by molar-refractivity contribution is 5.82. The van der Waals surface area contributed by atoms with Crippen molar-refractivity contribution in [1.29, 1.82) is 5.26 Å². The van der Waals surface area contributed by atoms with Crippen LogP contribution in [0.5, 0.6) is 0 Å². The third-order valence-corrected chi connectivity index (χ3v) is 4.72. The van der Waals surface area contributed by atoms with Crippen LogP contribution in [0.25, 0.3) is 0 Å². The van der Waals surface area contributed by atoms with E-state index in [4.69, 9.17) is 4.74 Å². The maximum absolute atomic E-state index is 12.2. The summed E-state index contributed by atoms with van der Waals surface area (Å²) in [5.41, 5.74) is 2.24. The summed E-state index contributed by atoms with van der Waals surface area (Å²) < 4.78 is 6.09. The van der Waals surface area contributed by atoms with Crippen LogP contribution in [-0.4, -0.2) is 23.5 Å². The number of rotatable bonds is 0. The second-order valence-electron chi connectivity index (χ2n) is 5.67. The molecule has 1 amide bonds. The zero-order valence-electron chi connectivity index (χ0n) is 10.7. The van der Waals surface area contributed by atoms with Gasteiger partial charge in [0.15, 0.2) is 5.72 Å². The Bertz CT molecular complexity index is 634. The number of ether oxygens (including phenoxy) is 1. The van der Waals surface area contributed by atoms with Gasteiger partial charge in [0.05, 0.1) is 24.3 Å². The van der Waals surface area contributed by atoms with E-state index in [-0.39, 0.29) is 17.9 Å². The van der Waals surface area contributed by atoms with Gasteiger partial charge in [-0.3, -0.25) is 4.79 Å². The number of amides is 1. The third kappa shape index (κ3) is 1.10. The highest BCUT2D eigenvalue weighted by Gasteiger charge is 2.63. The molecule has 2 fully saturated rings. The normalized spacial score (nSPS) is 34.9. The molecule has 2 aliphatic heterocycles. The topological polar surface area (TPSA) is 53.3 Å². The Balaban J connectivity index is 1.96. The average molecular weight is 254 g/mol. The molecule has 0 saturated carbocycles. The van der Waals surface area contributed by atoms with Crippen molar-refractivity contribution >= 4 is 5.91 Å². The molecule has 96 valence electrons. The van der Waals surface area contributed by atoms with Gasteiger partial charge in [-0.25, -0.2) is 0 Å². The molecule has 1 spiro atoms. The minimum atomic E-state index is -0.585. The second-order valence-corrected chi connectivity index (χ2v) is 5.67. The number of carbonyl (C=O) groups is 1. The van der Waals surface area contributed by atoms with Gasteiger partial charge in [-0.15, -0.1) is 0 Å². The number of nitriles is 1. The molecule has 0 N–H and O–H groups in total. The monoisotopic (exact) mass is 254 g/mol. The smallest absolute Gasteiger partial charge is 0.225 e. The van der Waals surface area contributed by atoms with E-state index in [1.807, 2.05) is 30.0 Å². The first-order chi connectivity index (χ1) is 9.18. The summed E-state index contributed by atoms with van der Waals surface area (Å²) in [6.07, 6.45) is 1.30. The van der Waals surface area contributed by atoms with E-state index >= 15 is 0 Å². The molecule has 4 heteroatoms. The summed E-state index contributed by atoms with van der Waals surface area (Å²) >= 11 is 0. The van der Waals surface area contributed by atoms with Crippen LogP contribution in [0, 0.1) is 17.2 Å². The van der Waals surface area contributed by atoms with Crippen molar-refractivity contribution in [3.63, 3.8) is 0 Å². The zero-order valence-corrected chi connectivity index (χ0v) is 10.7. The first-order valence-electron chi connectivity index (χ1n) is 6.67. The van der Waals surface area contributed by atoms with E-state index in [0.29, 0.717) is 13.0 Å².